The SMILES string of the molecule is COc1cc(C(C)=O)ccc1OCCCC(=O)N=c1ccccn1Cc1ccc(C)cc1. The Kier molecular flexibility index (Phi) is 7.97. The van der Waals surface area contributed by atoms with E-state index >= 15 is 0 Å². The summed E-state index contributed by atoms with van der Waals surface area (Å²) in [4.78, 5) is 28.2. The van der Waals surface area contributed by atoms with E-state index in [4.69, 9.17) is 9.47 Å². The second-order valence-electron chi connectivity index (χ2n) is 7.55. The van der Waals surface area contributed by atoms with Crippen LogP contribution in [0.2, 0.25) is 0 Å². The molecular formula is C26H28N2O4. The maximum atomic E-state index is 12.4. The Morgan fingerprint density at radius 2 is 1.78 bits per heavy atom. The molecular weight excluding hydrogens is 404 g/mol. The lowest BCUT2D eigenvalue weighted by atomic mass is 10.1. The molecule has 3 aromatic rings. The molecule has 1 heterocycles. The molecule has 0 spiro atoms. The molecule has 0 N–H and O–H groups in total. The van der Waals surface area contributed by atoms with Gasteiger partial charge in [0.1, 0.15) is 5.49 Å². The molecule has 0 aliphatic heterocycles. The van der Waals surface area contributed by atoms with Crippen molar-refractivity contribution in [1.82, 2.24) is 4.57 Å². The second kappa shape index (κ2) is 11.1. The van der Waals surface area contributed by atoms with Crippen LogP contribution in [0, 0.1) is 6.92 Å². The zero-order chi connectivity index (χ0) is 22.9. The molecule has 0 unspecified atom stereocenters. The van der Waals surface area contributed by atoms with Crippen LogP contribution in [0.5, 0.6) is 11.5 Å². The van der Waals surface area contributed by atoms with Gasteiger partial charge in [-0.05, 0) is 56.2 Å². The van der Waals surface area contributed by atoms with Crippen LogP contribution < -0.4 is 15.0 Å². The Bertz CT molecular complexity index is 1150. The number of hydrogen-bond donors (Lipinski definition) is 0. The quantitative estimate of drug-likeness (QED) is 0.373. The van der Waals surface area contributed by atoms with E-state index in [-0.39, 0.29) is 18.1 Å². The van der Waals surface area contributed by atoms with Gasteiger partial charge in [0.05, 0.1) is 13.7 Å². The van der Waals surface area contributed by atoms with Crippen molar-refractivity contribution in [3.8, 4) is 11.5 Å². The topological polar surface area (TPSA) is 69.9 Å². The highest BCUT2D eigenvalue weighted by Gasteiger charge is 2.09. The third-order valence-electron chi connectivity index (χ3n) is 4.99. The van der Waals surface area contributed by atoms with Crippen molar-refractivity contribution in [2.45, 2.75) is 33.2 Å². The molecule has 0 saturated carbocycles. The van der Waals surface area contributed by atoms with Crippen LogP contribution in [-0.2, 0) is 11.3 Å². The number of rotatable bonds is 9. The van der Waals surface area contributed by atoms with Gasteiger partial charge in [-0.2, -0.15) is 4.99 Å². The number of amides is 1. The standard InChI is InChI=1S/C26H28N2O4/c1-19-9-11-21(12-10-19)18-28-15-5-4-7-25(28)27-26(30)8-6-16-32-23-14-13-22(20(2)29)17-24(23)31-3/h4-5,7,9-15,17H,6,8,16,18H2,1-3H3. The molecule has 6 nitrogen and oxygen atoms in total. The van der Waals surface area contributed by atoms with Crippen LogP contribution >= 0.6 is 0 Å². The molecule has 0 saturated heterocycles. The number of carbonyl (C=O) groups excluding carboxylic acids is 2. The van der Waals surface area contributed by atoms with Crippen molar-refractivity contribution in [1.29, 1.82) is 0 Å². The highest BCUT2D eigenvalue weighted by atomic mass is 16.5. The van der Waals surface area contributed by atoms with Gasteiger partial charge in [-0.3, -0.25) is 9.59 Å². The summed E-state index contributed by atoms with van der Waals surface area (Å²) in [5.74, 6) is 0.801. The molecule has 6 heteroatoms. The summed E-state index contributed by atoms with van der Waals surface area (Å²) in [6, 6.07) is 19.0. The lowest BCUT2D eigenvalue weighted by Gasteiger charge is -2.11. The van der Waals surface area contributed by atoms with Crippen molar-refractivity contribution in [2.75, 3.05) is 13.7 Å². The number of methoxy groups -OCH3 is 1. The summed E-state index contributed by atoms with van der Waals surface area (Å²) in [5.41, 5.74) is 3.54. The predicted octanol–water partition coefficient (Wildman–Crippen LogP) is 4.34. The normalized spacial score (nSPS) is 11.3. The van der Waals surface area contributed by atoms with Crippen molar-refractivity contribution in [3.63, 3.8) is 0 Å². The predicted molar refractivity (Wildman–Crippen MR) is 123 cm³/mol. The first-order valence-corrected chi connectivity index (χ1v) is 10.6. The Labute approximate surface area is 188 Å². The van der Waals surface area contributed by atoms with Gasteiger partial charge in [0.15, 0.2) is 17.3 Å². The zero-order valence-corrected chi connectivity index (χ0v) is 18.7. The second-order valence-corrected chi connectivity index (χ2v) is 7.55. The first-order valence-electron chi connectivity index (χ1n) is 10.6. The highest BCUT2D eigenvalue weighted by Crippen LogP contribution is 2.28. The number of carbonyl (C=O) groups is 2. The number of hydrogen-bond acceptors (Lipinski definition) is 4. The van der Waals surface area contributed by atoms with E-state index in [1.165, 1.54) is 19.6 Å². The van der Waals surface area contributed by atoms with Crippen LogP contribution in [0.4, 0.5) is 0 Å². The summed E-state index contributed by atoms with van der Waals surface area (Å²) in [5, 5.41) is 0. The number of aromatic nitrogens is 1. The van der Waals surface area contributed by atoms with Crippen LogP contribution in [-0.4, -0.2) is 30.0 Å². The summed E-state index contributed by atoms with van der Waals surface area (Å²) < 4.78 is 13.0. The van der Waals surface area contributed by atoms with E-state index < -0.39 is 0 Å². The fourth-order valence-corrected chi connectivity index (χ4v) is 3.19. The van der Waals surface area contributed by atoms with Gasteiger partial charge < -0.3 is 14.0 Å². The molecule has 1 amide bonds. The monoisotopic (exact) mass is 432 g/mol. The molecule has 2 aromatic carbocycles. The molecule has 0 aliphatic rings. The van der Waals surface area contributed by atoms with Gasteiger partial charge in [-0.1, -0.05) is 35.9 Å². The van der Waals surface area contributed by atoms with Crippen LogP contribution in [0.1, 0.15) is 41.3 Å². The van der Waals surface area contributed by atoms with E-state index in [0.29, 0.717) is 42.1 Å². The van der Waals surface area contributed by atoms with Gasteiger partial charge in [0, 0.05) is 24.7 Å². The summed E-state index contributed by atoms with van der Waals surface area (Å²) in [7, 11) is 1.53. The molecule has 0 aliphatic carbocycles. The third kappa shape index (κ3) is 6.41. The van der Waals surface area contributed by atoms with Gasteiger partial charge >= 0.3 is 0 Å². The number of aryl methyl sites for hydroxylation is 1. The van der Waals surface area contributed by atoms with Gasteiger partial charge in [-0.15, -0.1) is 0 Å². The minimum atomic E-state index is -0.198. The molecule has 32 heavy (non-hydrogen) atoms. The smallest absolute Gasteiger partial charge is 0.247 e. The maximum Gasteiger partial charge on any atom is 0.247 e. The number of Topliss-reactive ketones (excluding diaryl/α,β-unsaturated/α-hetero) is 1. The zero-order valence-electron chi connectivity index (χ0n) is 18.7. The van der Waals surface area contributed by atoms with Gasteiger partial charge in [0.25, 0.3) is 0 Å². The first kappa shape index (κ1) is 23.0. The van der Waals surface area contributed by atoms with Crippen LogP contribution in [0.25, 0.3) is 0 Å². The Morgan fingerprint density at radius 1 is 1.00 bits per heavy atom. The molecule has 0 bridgehead atoms. The largest absolute Gasteiger partial charge is 0.493 e. The average molecular weight is 433 g/mol. The number of ether oxygens (including phenoxy) is 2. The Hall–Kier alpha value is -3.67. The minimum absolute atomic E-state index is 0.0393. The van der Waals surface area contributed by atoms with E-state index in [2.05, 4.69) is 36.2 Å². The van der Waals surface area contributed by atoms with E-state index in [1.807, 2.05) is 29.0 Å². The first-order chi connectivity index (χ1) is 15.5. The van der Waals surface area contributed by atoms with Crippen LogP contribution in [0.3, 0.4) is 0 Å². The molecule has 166 valence electrons. The van der Waals surface area contributed by atoms with Gasteiger partial charge in [0.2, 0.25) is 5.91 Å². The minimum Gasteiger partial charge on any atom is -0.493 e. The lowest BCUT2D eigenvalue weighted by Crippen LogP contribution is -2.22. The molecule has 0 atom stereocenters. The highest BCUT2D eigenvalue weighted by molar-refractivity contribution is 5.94. The number of benzene rings is 2. The summed E-state index contributed by atoms with van der Waals surface area (Å²) in [6.45, 7) is 4.54. The molecule has 0 fully saturated rings. The number of nitrogens with zero attached hydrogens (tertiary/aromatic N) is 2. The Balaban J connectivity index is 1.58. The average Bonchev–Trinajstić information content (AvgIpc) is 2.79. The van der Waals surface area contributed by atoms with E-state index in [9.17, 15) is 9.59 Å². The van der Waals surface area contributed by atoms with Gasteiger partial charge in [-0.25, -0.2) is 0 Å². The fourth-order valence-electron chi connectivity index (χ4n) is 3.19. The van der Waals surface area contributed by atoms with E-state index in [0.717, 1.165) is 5.56 Å². The summed E-state index contributed by atoms with van der Waals surface area (Å²) in [6.07, 6.45) is 2.71. The lowest BCUT2D eigenvalue weighted by molar-refractivity contribution is -0.118. The van der Waals surface area contributed by atoms with Crippen molar-refractivity contribution in [2.24, 2.45) is 4.99 Å². The summed E-state index contributed by atoms with van der Waals surface area (Å²) >= 11 is 0. The van der Waals surface area contributed by atoms with Crippen LogP contribution in [0.15, 0.2) is 71.9 Å². The molecule has 1 aromatic heterocycles. The van der Waals surface area contributed by atoms with E-state index in [1.54, 1.807) is 18.2 Å². The maximum absolute atomic E-state index is 12.4. The number of pyridine rings is 1. The van der Waals surface area contributed by atoms with Crippen molar-refractivity contribution < 1.29 is 19.1 Å². The molecule has 0 radical (unpaired) electrons. The fraction of sp³-hybridized carbons (Fsp3) is 0.269. The third-order valence-corrected chi connectivity index (χ3v) is 4.99. The Morgan fingerprint density at radius 3 is 2.50 bits per heavy atom. The van der Waals surface area contributed by atoms with Crippen molar-refractivity contribution >= 4 is 11.7 Å². The van der Waals surface area contributed by atoms with Crippen molar-refractivity contribution in [3.05, 3.63) is 89.0 Å². The molecule has 3 rings (SSSR count). The number of ketones is 1.